The van der Waals surface area contributed by atoms with E-state index < -0.39 is 5.56 Å². The van der Waals surface area contributed by atoms with Crippen LogP contribution in [-0.4, -0.2) is 9.55 Å². The van der Waals surface area contributed by atoms with E-state index in [-0.39, 0.29) is 4.77 Å². The van der Waals surface area contributed by atoms with Crippen molar-refractivity contribution in [3.8, 4) is 6.19 Å². The minimum atomic E-state index is -0.411. The predicted octanol–water partition coefficient (Wildman–Crippen LogP) is 0.235. The summed E-state index contributed by atoms with van der Waals surface area (Å²) in [5.74, 6) is 0. The maximum absolute atomic E-state index is 10.7. The van der Waals surface area contributed by atoms with Crippen LogP contribution < -0.4 is 5.56 Å². The second-order valence-corrected chi connectivity index (χ2v) is 1.94. The molecule has 0 aliphatic rings. The molecule has 1 aromatic heterocycles. The van der Waals surface area contributed by atoms with E-state index in [1.807, 2.05) is 0 Å². The van der Waals surface area contributed by atoms with Crippen molar-refractivity contribution in [2.45, 2.75) is 0 Å². The van der Waals surface area contributed by atoms with Crippen LogP contribution in [0.1, 0.15) is 0 Å². The second-order valence-electron chi connectivity index (χ2n) is 1.56. The van der Waals surface area contributed by atoms with E-state index in [2.05, 4.69) is 17.2 Å². The summed E-state index contributed by atoms with van der Waals surface area (Å²) >= 11 is 4.62. The lowest BCUT2D eigenvalue weighted by molar-refractivity contribution is 0.929. The first kappa shape index (κ1) is 6.71. The molecule has 0 bridgehead atoms. The van der Waals surface area contributed by atoms with Gasteiger partial charge in [-0.05, 0) is 12.2 Å². The van der Waals surface area contributed by atoms with Gasteiger partial charge < -0.3 is 4.98 Å². The van der Waals surface area contributed by atoms with Crippen LogP contribution in [0.25, 0.3) is 0 Å². The molecule has 0 aromatic carbocycles. The topological polar surface area (TPSA) is 61.6 Å². The Hall–Kier alpha value is -1.41. The third-order valence-corrected chi connectivity index (χ3v) is 1.26. The fourth-order valence-electron chi connectivity index (χ4n) is 0.518. The largest absolute Gasteiger partial charge is 0.338 e. The lowest BCUT2D eigenvalue weighted by Gasteiger charge is -1.88. The van der Waals surface area contributed by atoms with Crippen molar-refractivity contribution in [3.63, 3.8) is 0 Å². The van der Waals surface area contributed by atoms with Crippen LogP contribution in [0, 0.1) is 16.2 Å². The molecule has 0 atom stereocenters. The number of rotatable bonds is 0. The molecule has 0 aliphatic heterocycles. The highest BCUT2D eigenvalue weighted by Gasteiger charge is 1.91. The lowest BCUT2D eigenvalue weighted by atomic mass is 10.6. The van der Waals surface area contributed by atoms with Gasteiger partial charge in [-0.3, -0.25) is 4.79 Å². The molecule has 0 amide bonds. The Morgan fingerprint density at radius 2 is 2.50 bits per heavy atom. The number of hydrogen-bond acceptors (Lipinski definition) is 3. The Labute approximate surface area is 61.4 Å². The molecular formula is C5H3N3OS. The summed E-state index contributed by atoms with van der Waals surface area (Å²) in [7, 11) is 0. The molecule has 10 heavy (non-hydrogen) atoms. The number of nitrogens with zero attached hydrogens (tertiary/aromatic N) is 2. The van der Waals surface area contributed by atoms with E-state index in [1.165, 1.54) is 12.3 Å². The zero-order valence-corrected chi connectivity index (χ0v) is 5.68. The molecule has 0 aliphatic carbocycles. The summed E-state index contributed by atoms with van der Waals surface area (Å²) in [5, 5.41) is 8.33. The highest BCUT2D eigenvalue weighted by molar-refractivity contribution is 7.71. The summed E-state index contributed by atoms with van der Waals surface area (Å²) in [5.41, 5.74) is -0.411. The standard InChI is InChI=1S/C5H3N3OS/c6-3-8-4(9)1-2-7-5(8)10/h1-2H,(H,7,10). The van der Waals surface area contributed by atoms with Gasteiger partial charge in [0.1, 0.15) is 0 Å². The molecule has 1 rings (SSSR count). The summed E-state index contributed by atoms with van der Waals surface area (Å²) in [4.78, 5) is 13.3. The van der Waals surface area contributed by atoms with Crippen LogP contribution in [0.5, 0.6) is 0 Å². The quantitative estimate of drug-likeness (QED) is 0.543. The first-order chi connectivity index (χ1) is 4.75. The molecule has 5 heteroatoms. The van der Waals surface area contributed by atoms with Crippen molar-refractivity contribution in [1.29, 1.82) is 5.26 Å². The van der Waals surface area contributed by atoms with Gasteiger partial charge in [-0.25, -0.2) is 0 Å². The van der Waals surface area contributed by atoms with Gasteiger partial charge in [-0.2, -0.15) is 9.83 Å². The van der Waals surface area contributed by atoms with Gasteiger partial charge >= 0.3 is 0 Å². The molecule has 0 saturated heterocycles. The molecule has 0 saturated carbocycles. The molecule has 0 fully saturated rings. The van der Waals surface area contributed by atoms with Crippen LogP contribution in [0.3, 0.4) is 0 Å². The van der Waals surface area contributed by atoms with Crippen molar-refractivity contribution >= 4 is 12.2 Å². The number of aromatic amines is 1. The lowest BCUT2D eigenvalue weighted by Crippen LogP contribution is -2.15. The van der Waals surface area contributed by atoms with Gasteiger partial charge in [0.2, 0.25) is 0 Å². The number of hydrogen-bond donors (Lipinski definition) is 1. The molecule has 1 aromatic rings. The Bertz CT molecular complexity index is 355. The van der Waals surface area contributed by atoms with Gasteiger partial charge in [0, 0.05) is 12.3 Å². The average Bonchev–Trinajstić information content (AvgIpc) is 1.88. The van der Waals surface area contributed by atoms with Gasteiger partial charge in [0.15, 0.2) is 11.0 Å². The van der Waals surface area contributed by atoms with Crippen LogP contribution in [0.15, 0.2) is 17.1 Å². The van der Waals surface area contributed by atoms with Crippen molar-refractivity contribution in [2.75, 3.05) is 0 Å². The number of nitrogens with one attached hydrogen (secondary N) is 1. The smallest absolute Gasteiger partial charge is 0.267 e. The molecule has 4 nitrogen and oxygen atoms in total. The maximum atomic E-state index is 10.7. The van der Waals surface area contributed by atoms with Crippen LogP contribution in [-0.2, 0) is 0 Å². The Morgan fingerprint density at radius 1 is 1.80 bits per heavy atom. The van der Waals surface area contributed by atoms with Crippen molar-refractivity contribution in [1.82, 2.24) is 9.55 Å². The normalized spacial score (nSPS) is 8.70. The monoisotopic (exact) mass is 153 g/mol. The minimum Gasteiger partial charge on any atom is -0.338 e. The predicted molar refractivity (Wildman–Crippen MR) is 36.9 cm³/mol. The van der Waals surface area contributed by atoms with Gasteiger partial charge in [-0.1, -0.05) is 0 Å². The van der Waals surface area contributed by atoms with E-state index in [4.69, 9.17) is 5.26 Å². The van der Waals surface area contributed by atoms with E-state index in [0.29, 0.717) is 0 Å². The summed E-state index contributed by atoms with van der Waals surface area (Å²) in [6, 6.07) is 1.24. The number of aromatic nitrogens is 2. The third kappa shape index (κ3) is 0.967. The molecule has 0 unspecified atom stereocenters. The zero-order valence-electron chi connectivity index (χ0n) is 4.87. The number of H-pyrrole nitrogens is 1. The SMILES string of the molecule is N#Cn1c(=O)cc[nH]c1=S. The number of nitriles is 1. The molecular weight excluding hydrogens is 150 g/mol. The molecule has 0 radical (unpaired) electrons. The third-order valence-electron chi connectivity index (χ3n) is 0.956. The molecule has 0 spiro atoms. The Balaban J connectivity index is 3.67. The minimum absolute atomic E-state index is 0.120. The van der Waals surface area contributed by atoms with Crippen LogP contribution >= 0.6 is 12.2 Å². The van der Waals surface area contributed by atoms with E-state index in [0.717, 1.165) is 4.57 Å². The van der Waals surface area contributed by atoms with Gasteiger partial charge in [-0.15, -0.1) is 0 Å². The highest BCUT2D eigenvalue weighted by atomic mass is 32.1. The first-order valence-electron chi connectivity index (χ1n) is 2.46. The van der Waals surface area contributed by atoms with Gasteiger partial charge in [0.25, 0.3) is 5.56 Å². The fraction of sp³-hybridized carbons (Fsp3) is 0. The summed E-state index contributed by atoms with van der Waals surface area (Å²) < 4.78 is 0.921. The average molecular weight is 153 g/mol. The van der Waals surface area contributed by atoms with E-state index in [9.17, 15) is 4.79 Å². The van der Waals surface area contributed by atoms with Crippen molar-refractivity contribution in [3.05, 3.63) is 27.4 Å². The summed E-state index contributed by atoms with van der Waals surface area (Å²) in [6.07, 6.45) is 3.03. The maximum Gasteiger partial charge on any atom is 0.267 e. The van der Waals surface area contributed by atoms with E-state index >= 15 is 0 Å². The van der Waals surface area contributed by atoms with Gasteiger partial charge in [0.05, 0.1) is 0 Å². The Morgan fingerprint density at radius 3 is 2.90 bits per heavy atom. The highest BCUT2D eigenvalue weighted by Crippen LogP contribution is 1.76. The molecule has 1 N–H and O–H groups in total. The second kappa shape index (κ2) is 2.45. The van der Waals surface area contributed by atoms with Crippen molar-refractivity contribution in [2.24, 2.45) is 0 Å². The summed E-state index contributed by atoms with van der Waals surface area (Å²) in [6.45, 7) is 0. The zero-order chi connectivity index (χ0) is 7.56. The van der Waals surface area contributed by atoms with Crippen LogP contribution in [0.2, 0.25) is 0 Å². The molecule has 50 valence electrons. The van der Waals surface area contributed by atoms with E-state index in [1.54, 1.807) is 6.19 Å². The van der Waals surface area contributed by atoms with Crippen molar-refractivity contribution < 1.29 is 0 Å². The van der Waals surface area contributed by atoms with Crippen LogP contribution in [0.4, 0.5) is 0 Å². The Kier molecular flexibility index (Phi) is 1.65. The fourth-order valence-corrected chi connectivity index (χ4v) is 0.717. The molecule has 1 heterocycles. The first-order valence-corrected chi connectivity index (χ1v) is 2.87.